The lowest BCUT2D eigenvalue weighted by Crippen LogP contribution is -2.10. The average molecular weight is 302 g/mol. The summed E-state index contributed by atoms with van der Waals surface area (Å²) in [4.78, 5) is 27.7. The van der Waals surface area contributed by atoms with Gasteiger partial charge in [0.05, 0.1) is 10.6 Å². The molecule has 7 nitrogen and oxygen atoms in total. The van der Waals surface area contributed by atoms with Crippen molar-refractivity contribution < 1.29 is 9.72 Å². The van der Waals surface area contributed by atoms with Crippen LogP contribution < -0.4 is 5.32 Å². The Morgan fingerprint density at radius 3 is 2.67 bits per heavy atom. The highest BCUT2D eigenvalue weighted by Crippen LogP contribution is 2.20. The highest BCUT2D eigenvalue weighted by atomic mass is 32.1. The molecule has 2 aromatic heterocycles. The molecule has 0 unspecified atom stereocenters. The standard InChI is InChI=1S/C13H10N4O3S/c1-8-6-16-7-11(21-13(16)14-8)12(18)15-9-2-4-10(5-3-9)17(19)20/h2-7H,1H3,(H,15,18). The van der Waals surface area contributed by atoms with E-state index in [0.29, 0.717) is 10.6 Å². The Bertz CT molecular complexity index is 803. The van der Waals surface area contributed by atoms with E-state index in [2.05, 4.69) is 10.3 Å². The quantitative estimate of drug-likeness (QED) is 0.595. The molecule has 0 aliphatic carbocycles. The third-order valence-corrected chi connectivity index (χ3v) is 3.83. The first-order valence-electron chi connectivity index (χ1n) is 6.04. The third kappa shape index (κ3) is 2.61. The Morgan fingerprint density at radius 2 is 2.05 bits per heavy atom. The lowest BCUT2D eigenvalue weighted by Gasteiger charge is -2.02. The second-order valence-corrected chi connectivity index (χ2v) is 5.43. The van der Waals surface area contributed by atoms with Crippen molar-refractivity contribution in [1.82, 2.24) is 9.38 Å². The van der Waals surface area contributed by atoms with Gasteiger partial charge in [0.15, 0.2) is 4.96 Å². The molecule has 1 amide bonds. The number of nitro benzene ring substituents is 1. The molecule has 8 heteroatoms. The molecule has 0 radical (unpaired) electrons. The van der Waals surface area contributed by atoms with Crippen LogP contribution in [0.2, 0.25) is 0 Å². The summed E-state index contributed by atoms with van der Waals surface area (Å²) in [5.74, 6) is -0.267. The van der Waals surface area contributed by atoms with E-state index in [9.17, 15) is 14.9 Å². The van der Waals surface area contributed by atoms with Gasteiger partial charge < -0.3 is 5.32 Å². The van der Waals surface area contributed by atoms with Gasteiger partial charge in [0.25, 0.3) is 11.6 Å². The lowest BCUT2D eigenvalue weighted by molar-refractivity contribution is -0.384. The first-order chi connectivity index (χ1) is 10.0. The normalized spacial score (nSPS) is 10.7. The number of thiazole rings is 1. The molecule has 0 saturated carbocycles. The number of hydrogen-bond donors (Lipinski definition) is 1. The van der Waals surface area contributed by atoms with Gasteiger partial charge in [-0.15, -0.1) is 0 Å². The molecule has 1 aromatic carbocycles. The Kier molecular flexibility index (Phi) is 3.15. The zero-order chi connectivity index (χ0) is 15.0. The van der Waals surface area contributed by atoms with Crippen LogP contribution in [0.3, 0.4) is 0 Å². The summed E-state index contributed by atoms with van der Waals surface area (Å²) in [6.07, 6.45) is 3.55. The maximum atomic E-state index is 12.1. The summed E-state index contributed by atoms with van der Waals surface area (Å²) in [6.45, 7) is 1.89. The molecule has 0 saturated heterocycles. The molecule has 0 aliphatic heterocycles. The fraction of sp³-hybridized carbons (Fsp3) is 0.0769. The van der Waals surface area contributed by atoms with Crippen molar-refractivity contribution in [3.05, 3.63) is 57.3 Å². The number of benzene rings is 1. The molecule has 2 heterocycles. The summed E-state index contributed by atoms with van der Waals surface area (Å²) >= 11 is 1.29. The zero-order valence-corrected chi connectivity index (χ0v) is 11.8. The van der Waals surface area contributed by atoms with Gasteiger partial charge in [-0.25, -0.2) is 4.98 Å². The average Bonchev–Trinajstić information content (AvgIpc) is 2.96. The van der Waals surface area contributed by atoms with E-state index < -0.39 is 4.92 Å². The van der Waals surface area contributed by atoms with Gasteiger partial charge in [-0.3, -0.25) is 19.3 Å². The number of imidazole rings is 1. The van der Waals surface area contributed by atoms with Crippen molar-refractivity contribution in [2.45, 2.75) is 6.92 Å². The van der Waals surface area contributed by atoms with E-state index >= 15 is 0 Å². The molecule has 0 aliphatic rings. The molecule has 0 fully saturated rings. The highest BCUT2D eigenvalue weighted by molar-refractivity contribution is 7.19. The maximum Gasteiger partial charge on any atom is 0.269 e. The van der Waals surface area contributed by atoms with Gasteiger partial charge in [0.1, 0.15) is 4.88 Å². The van der Waals surface area contributed by atoms with Crippen molar-refractivity contribution in [3.8, 4) is 0 Å². The molecule has 3 rings (SSSR count). The number of amides is 1. The van der Waals surface area contributed by atoms with Crippen LogP contribution in [0.15, 0.2) is 36.7 Å². The molecule has 106 valence electrons. The summed E-state index contributed by atoms with van der Waals surface area (Å²) in [7, 11) is 0. The van der Waals surface area contributed by atoms with Crippen molar-refractivity contribution >= 4 is 33.6 Å². The van der Waals surface area contributed by atoms with E-state index in [4.69, 9.17) is 0 Å². The number of rotatable bonds is 3. The number of aryl methyl sites for hydroxylation is 1. The number of carbonyl (C=O) groups excluding carboxylic acids is 1. The first kappa shape index (κ1) is 13.3. The maximum absolute atomic E-state index is 12.1. The van der Waals surface area contributed by atoms with Crippen LogP contribution in [-0.4, -0.2) is 20.2 Å². The largest absolute Gasteiger partial charge is 0.321 e. The number of nitro groups is 1. The smallest absolute Gasteiger partial charge is 0.269 e. The van der Waals surface area contributed by atoms with Crippen LogP contribution in [0.1, 0.15) is 15.4 Å². The van der Waals surface area contributed by atoms with E-state index in [0.717, 1.165) is 10.7 Å². The number of carbonyl (C=O) groups is 1. The minimum atomic E-state index is -0.484. The van der Waals surface area contributed by atoms with E-state index in [-0.39, 0.29) is 11.6 Å². The fourth-order valence-electron chi connectivity index (χ4n) is 1.88. The molecule has 1 N–H and O–H groups in total. The summed E-state index contributed by atoms with van der Waals surface area (Å²) in [5.41, 5.74) is 1.38. The minimum Gasteiger partial charge on any atom is -0.321 e. The predicted octanol–water partition coefficient (Wildman–Crippen LogP) is 2.86. The summed E-state index contributed by atoms with van der Waals surface area (Å²) in [6, 6.07) is 5.69. The number of hydrogen-bond acceptors (Lipinski definition) is 5. The van der Waals surface area contributed by atoms with Crippen LogP contribution >= 0.6 is 11.3 Å². The molecule has 0 spiro atoms. The van der Waals surface area contributed by atoms with Crippen LogP contribution in [0.25, 0.3) is 4.96 Å². The molecule has 21 heavy (non-hydrogen) atoms. The van der Waals surface area contributed by atoms with Gasteiger partial charge in [-0.2, -0.15) is 0 Å². The number of fused-ring (bicyclic) bond motifs is 1. The topological polar surface area (TPSA) is 89.5 Å². The Balaban J connectivity index is 1.78. The lowest BCUT2D eigenvalue weighted by atomic mass is 10.3. The van der Waals surface area contributed by atoms with Crippen LogP contribution in [0.4, 0.5) is 11.4 Å². The molecular formula is C13H10N4O3S. The number of nitrogens with one attached hydrogen (secondary N) is 1. The van der Waals surface area contributed by atoms with Crippen LogP contribution in [0.5, 0.6) is 0 Å². The summed E-state index contributed by atoms with van der Waals surface area (Å²) < 4.78 is 1.80. The van der Waals surface area contributed by atoms with Gasteiger partial charge in [0, 0.05) is 30.2 Å². The zero-order valence-electron chi connectivity index (χ0n) is 10.9. The summed E-state index contributed by atoms with van der Waals surface area (Å²) in [5, 5.41) is 13.3. The van der Waals surface area contributed by atoms with E-state index in [1.54, 1.807) is 10.6 Å². The molecule has 0 atom stereocenters. The van der Waals surface area contributed by atoms with Gasteiger partial charge >= 0.3 is 0 Å². The first-order valence-corrected chi connectivity index (χ1v) is 6.85. The second kappa shape index (κ2) is 4.98. The Labute approximate surface area is 123 Å². The van der Waals surface area contributed by atoms with Gasteiger partial charge in [-0.05, 0) is 19.1 Å². The highest BCUT2D eigenvalue weighted by Gasteiger charge is 2.13. The van der Waals surface area contributed by atoms with Crippen molar-refractivity contribution in [1.29, 1.82) is 0 Å². The molecular weight excluding hydrogens is 292 g/mol. The SMILES string of the molecule is Cc1cn2cc(C(=O)Nc3ccc([N+](=O)[O-])cc3)sc2n1. The number of aromatic nitrogens is 2. The predicted molar refractivity (Wildman–Crippen MR) is 78.9 cm³/mol. The molecule has 3 aromatic rings. The third-order valence-electron chi connectivity index (χ3n) is 2.84. The Hall–Kier alpha value is -2.74. The van der Waals surface area contributed by atoms with Crippen LogP contribution in [0, 0.1) is 17.0 Å². The fourth-order valence-corrected chi connectivity index (χ4v) is 2.78. The minimum absolute atomic E-state index is 0.0157. The number of non-ortho nitro benzene ring substituents is 1. The molecule has 0 bridgehead atoms. The number of nitrogens with zero attached hydrogens (tertiary/aromatic N) is 3. The van der Waals surface area contributed by atoms with Crippen molar-refractivity contribution in [2.75, 3.05) is 5.32 Å². The van der Waals surface area contributed by atoms with Gasteiger partial charge in [-0.1, -0.05) is 11.3 Å². The van der Waals surface area contributed by atoms with E-state index in [1.807, 2.05) is 13.1 Å². The van der Waals surface area contributed by atoms with Crippen molar-refractivity contribution in [3.63, 3.8) is 0 Å². The van der Waals surface area contributed by atoms with E-state index in [1.165, 1.54) is 35.6 Å². The monoisotopic (exact) mass is 302 g/mol. The Morgan fingerprint density at radius 1 is 1.33 bits per heavy atom. The second-order valence-electron chi connectivity index (χ2n) is 4.43. The van der Waals surface area contributed by atoms with Crippen LogP contribution in [-0.2, 0) is 0 Å². The van der Waals surface area contributed by atoms with Crippen molar-refractivity contribution in [2.24, 2.45) is 0 Å². The van der Waals surface area contributed by atoms with Gasteiger partial charge in [0.2, 0.25) is 0 Å². The number of anilines is 1.